The topological polar surface area (TPSA) is 101 Å². The van der Waals surface area contributed by atoms with Crippen molar-refractivity contribution in [2.24, 2.45) is 0 Å². The van der Waals surface area contributed by atoms with Crippen molar-refractivity contribution in [1.29, 1.82) is 0 Å². The van der Waals surface area contributed by atoms with E-state index in [1.807, 2.05) is 0 Å². The van der Waals surface area contributed by atoms with Gasteiger partial charge in [-0.25, -0.2) is 14.8 Å². The fraction of sp³-hybridized carbons (Fsp3) is 0.0769. The van der Waals surface area contributed by atoms with Crippen LogP contribution in [-0.4, -0.2) is 34.1 Å². The number of anilines is 1. The molecular weight excluding hydrogens is 298 g/mol. The summed E-state index contributed by atoms with van der Waals surface area (Å²) in [5.74, 6) is -1.75. The SMILES string of the molecule is COc1ccc(Cl)cc1C(=O)Nc1nccnc1C(=O)O. The van der Waals surface area contributed by atoms with Gasteiger partial charge in [0.05, 0.1) is 12.7 Å². The number of nitrogens with zero attached hydrogens (tertiary/aromatic N) is 2. The number of hydrogen-bond acceptors (Lipinski definition) is 5. The normalized spacial score (nSPS) is 10.0. The molecular formula is C13H10ClN3O4. The second kappa shape index (κ2) is 6.19. The van der Waals surface area contributed by atoms with Gasteiger partial charge in [0.2, 0.25) is 0 Å². The molecule has 0 aliphatic heterocycles. The van der Waals surface area contributed by atoms with Crippen LogP contribution < -0.4 is 10.1 Å². The van der Waals surface area contributed by atoms with E-state index in [9.17, 15) is 9.59 Å². The molecule has 8 heteroatoms. The van der Waals surface area contributed by atoms with Crippen LogP contribution in [0.5, 0.6) is 5.75 Å². The fourth-order valence-electron chi connectivity index (χ4n) is 1.62. The zero-order chi connectivity index (χ0) is 15.4. The molecule has 0 spiro atoms. The predicted octanol–water partition coefficient (Wildman–Crippen LogP) is 2.09. The van der Waals surface area contributed by atoms with Crippen LogP contribution in [0.4, 0.5) is 5.82 Å². The largest absolute Gasteiger partial charge is 0.496 e. The van der Waals surface area contributed by atoms with Gasteiger partial charge in [-0.3, -0.25) is 4.79 Å². The quantitative estimate of drug-likeness (QED) is 0.896. The minimum atomic E-state index is -1.29. The number of halogens is 1. The molecule has 1 amide bonds. The van der Waals surface area contributed by atoms with Crippen molar-refractivity contribution < 1.29 is 19.4 Å². The molecule has 0 aliphatic carbocycles. The number of aromatic carboxylic acids is 1. The summed E-state index contributed by atoms with van der Waals surface area (Å²) in [5, 5.41) is 11.7. The number of carboxylic acid groups (broad SMARTS) is 1. The van der Waals surface area contributed by atoms with E-state index in [2.05, 4.69) is 15.3 Å². The van der Waals surface area contributed by atoms with E-state index < -0.39 is 11.9 Å². The van der Waals surface area contributed by atoms with Gasteiger partial charge in [-0.2, -0.15) is 0 Å². The Labute approximate surface area is 124 Å². The lowest BCUT2D eigenvalue weighted by Gasteiger charge is -2.10. The summed E-state index contributed by atoms with van der Waals surface area (Å²) in [7, 11) is 1.41. The molecule has 0 saturated carbocycles. The van der Waals surface area contributed by atoms with Gasteiger partial charge in [0.15, 0.2) is 11.5 Å². The smallest absolute Gasteiger partial charge is 0.358 e. The van der Waals surface area contributed by atoms with Crippen molar-refractivity contribution in [3.63, 3.8) is 0 Å². The first kappa shape index (κ1) is 14.7. The Morgan fingerprint density at radius 1 is 1.29 bits per heavy atom. The Morgan fingerprint density at radius 3 is 2.67 bits per heavy atom. The van der Waals surface area contributed by atoms with E-state index in [0.29, 0.717) is 10.8 Å². The maximum atomic E-state index is 12.2. The fourth-order valence-corrected chi connectivity index (χ4v) is 1.79. The summed E-state index contributed by atoms with van der Waals surface area (Å²) in [6.45, 7) is 0. The summed E-state index contributed by atoms with van der Waals surface area (Å²) in [6, 6.07) is 4.51. The number of hydrogen-bond donors (Lipinski definition) is 2. The molecule has 108 valence electrons. The number of rotatable bonds is 4. The van der Waals surface area contributed by atoms with Crippen LogP contribution in [0.2, 0.25) is 5.02 Å². The summed E-state index contributed by atoms with van der Waals surface area (Å²) in [6.07, 6.45) is 2.50. The van der Waals surface area contributed by atoms with Crippen molar-refractivity contribution in [2.75, 3.05) is 12.4 Å². The van der Waals surface area contributed by atoms with Crippen molar-refractivity contribution in [2.45, 2.75) is 0 Å². The number of carboxylic acids is 1. The zero-order valence-electron chi connectivity index (χ0n) is 10.8. The highest BCUT2D eigenvalue weighted by molar-refractivity contribution is 6.31. The van der Waals surface area contributed by atoms with Gasteiger partial charge in [0, 0.05) is 17.4 Å². The predicted molar refractivity (Wildman–Crippen MR) is 74.9 cm³/mol. The standard InChI is InChI=1S/C13H10ClN3O4/c1-21-9-3-2-7(14)6-8(9)12(18)17-11-10(13(19)20)15-4-5-16-11/h2-6H,1H3,(H,19,20)(H,16,17,18). The Kier molecular flexibility index (Phi) is 4.34. The lowest BCUT2D eigenvalue weighted by atomic mass is 10.2. The number of aromatic nitrogens is 2. The minimum Gasteiger partial charge on any atom is -0.496 e. The van der Waals surface area contributed by atoms with Gasteiger partial charge in [-0.05, 0) is 18.2 Å². The molecule has 2 rings (SSSR count). The Balaban J connectivity index is 2.35. The van der Waals surface area contributed by atoms with Gasteiger partial charge in [-0.1, -0.05) is 11.6 Å². The molecule has 0 saturated heterocycles. The summed E-state index contributed by atoms with van der Waals surface area (Å²) >= 11 is 5.84. The van der Waals surface area contributed by atoms with E-state index in [4.69, 9.17) is 21.4 Å². The maximum absolute atomic E-state index is 12.2. The molecule has 0 aliphatic rings. The lowest BCUT2D eigenvalue weighted by Crippen LogP contribution is -2.17. The molecule has 2 aromatic rings. The Bertz CT molecular complexity index is 706. The maximum Gasteiger partial charge on any atom is 0.358 e. The minimum absolute atomic E-state index is 0.156. The average molecular weight is 308 g/mol. The third kappa shape index (κ3) is 3.26. The molecule has 0 bridgehead atoms. The number of methoxy groups -OCH3 is 1. The molecule has 21 heavy (non-hydrogen) atoms. The van der Waals surface area contributed by atoms with Crippen LogP contribution in [0.1, 0.15) is 20.8 Å². The Hall–Kier alpha value is -2.67. The van der Waals surface area contributed by atoms with Crippen LogP contribution in [0, 0.1) is 0 Å². The highest BCUT2D eigenvalue weighted by Crippen LogP contribution is 2.23. The number of amides is 1. The molecule has 0 atom stereocenters. The zero-order valence-corrected chi connectivity index (χ0v) is 11.6. The number of nitrogens with one attached hydrogen (secondary N) is 1. The molecule has 1 aromatic heterocycles. The summed E-state index contributed by atoms with van der Waals surface area (Å²) in [5.41, 5.74) is -0.196. The first-order chi connectivity index (χ1) is 10.0. The van der Waals surface area contributed by atoms with Crippen molar-refractivity contribution in [3.05, 3.63) is 46.9 Å². The molecule has 1 aromatic carbocycles. The van der Waals surface area contributed by atoms with Crippen LogP contribution in [0.25, 0.3) is 0 Å². The first-order valence-corrected chi connectivity index (χ1v) is 6.10. The number of benzene rings is 1. The van der Waals surface area contributed by atoms with Crippen LogP contribution in [0.3, 0.4) is 0 Å². The Morgan fingerprint density at radius 2 is 2.00 bits per heavy atom. The molecule has 2 N–H and O–H groups in total. The number of carbonyl (C=O) groups is 2. The van der Waals surface area contributed by atoms with Crippen LogP contribution in [-0.2, 0) is 0 Å². The first-order valence-electron chi connectivity index (χ1n) is 5.72. The second-order valence-electron chi connectivity index (χ2n) is 3.86. The van der Waals surface area contributed by atoms with Crippen LogP contribution >= 0.6 is 11.6 Å². The summed E-state index contributed by atoms with van der Waals surface area (Å²) < 4.78 is 5.07. The third-order valence-electron chi connectivity index (χ3n) is 2.54. The highest BCUT2D eigenvalue weighted by atomic mass is 35.5. The number of carbonyl (C=O) groups excluding carboxylic acids is 1. The van der Waals surface area contributed by atoms with Crippen molar-refractivity contribution >= 4 is 29.3 Å². The van der Waals surface area contributed by atoms with Crippen LogP contribution in [0.15, 0.2) is 30.6 Å². The molecule has 1 heterocycles. The highest BCUT2D eigenvalue weighted by Gasteiger charge is 2.18. The van der Waals surface area contributed by atoms with E-state index in [1.54, 1.807) is 6.07 Å². The van der Waals surface area contributed by atoms with Crippen molar-refractivity contribution in [1.82, 2.24) is 9.97 Å². The molecule has 0 unspecified atom stereocenters. The third-order valence-corrected chi connectivity index (χ3v) is 2.77. The van der Waals surface area contributed by atoms with Gasteiger partial charge < -0.3 is 15.2 Å². The van der Waals surface area contributed by atoms with Gasteiger partial charge in [-0.15, -0.1) is 0 Å². The van der Waals surface area contributed by atoms with Gasteiger partial charge >= 0.3 is 5.97 Å². The second-order valence-corrected chi connectivity index (χ2v) is 4.29. The lowest BCUT2D eigenvalue weighted by molar-refractivity contribution is 0.0691. The van der Waals surface area contributed by atoms with Gasteiger partial charge in [0.1, 0.15) is 5.75 Å². The van der Waals surface area contributed by atoms with E-state index in [1.165, 1.54) is 31.6 Å². The van der Waals surface area contributed by atoms with E-state index >= 15 is 0 Å². The monoisotopic (exact) mass is 307 g/mol. The average Bonchev–Trinajstić information content (AvgIpc) is 2.47. The summed E-state index contributed by atoms with van der Waals surface area (Å²) in [4.78, 5) is 30.7. The van der Waals surface area contributed by atoms with E-state index in [-0.39, 0.29) is 17.1 Å². The molecule has 0 radical (unpaired) electrons. The number of ether oxygens (including phenoxy) is 1. The van der Waals surface area contributed by atoms with Gasteiger partial charge in [0.25, 0.3) is 5.91 Å². The van der Waals surface area contributed by atoms with Crippen molar-refractivity contribution in [3.8, 4) is 5.75 Å². The molecule has 7 nitrogen and oxygen atoms in total. The van der Waals surface area contributed by atoms with E-state index in [0.717, 1.165) is 0 Å². The molecule has 0 fully saturated rings.